The summed E-state index contributed by atoms with van der Waals surface area (Å²) in [5, 5.41) is 7.17. The van der Waals surface area contributed by atoms with Gasteiger partial charge in [0.2, 0.25) is 0 Å². The number of anilines is 3. The Hall–Kier alpha value is -6.26. The zero-order chi connectivity index (χ0) is 29.9. The standard InChI is InChI=1S/C42H25N3O/c1-2-12-26(13-3-1)43-34-19-7-8-20-35(34)45-39-29(16-10-21-36(39)43)31-25-24-30-27-14-4-6-18-33(27)44(40(30)41(31)45)37-22-11-17-32-28-15-5-9-23-38(28)46-42(32)37/h1-25H. The molecule has 4 nitrogen and oxygen atoms in total. The molecule has 7 aromatic carbocycles. The molecule has 0 unspecified atom stereocenters. The summed E-state index contributed by atoms with van der Waals surface area (Å²) in [5.41, 5.74) is 12.2. The molecular weight excluding hydrogens is 562 g/mol. The number of fused-ring (bicyclic) bond motifs is 12. The first-order chi connectivity index (χ1) is 22.9. The van der Waals surface area contributed by atoms with Crippen LogP contribution in [-0.4, -0.2) is 9.13 Å². The van der Waals surface area contributed by atoms with Gasteiger partial charge >= 0.3 is 0 Å². The minimum absolute atomic E-state index is 0.898. The second-order valence-electron chi connectivity index (χ2n) is 12.1. The number of furan rings is 1. The lowest BCUT2D eigenvalue weighted by Gasteiger charge is -2.33. The highest BCUT2D eigenvalue weighted by molar-refractivity contribution is 6.26. The Labute approximate surface area is 263 Å². The highest BCUT2D eigenvalue weighted by atomic mass is 16.3. The summed E-state index contributed by atoms with van der Waals surface area (Å²) in [6.45, 7) is 0. The predicted molar refractivity (Wildman–Crippen MR) is 191 cm³/mol. The summed E-state index contributed by atoms with van der Waals surface area (Å²) in [4.78, 5) is 2.40. The van der Waals surface area contributed by atoms with E-state index < -0.39 is 0 Å². The number of para-hydroxylation sites is 7. The number of nitrogens with zero attached hydrogens (tertiary/aromatic N) is 3. The SMILES string of the molecule is c1ccc(N2c3ccccc3-n3c4c2cccc4c2ccc4c5ccccc5n(-c5cccc6c5oc5ccccc56)c4c23)cc1. The highest BCUT2D eigenvalue weighted by Crippen LogP contribution is 2.51. The lowest BCUT2D eigenvalue weighted by molar-refractivity contribution is 0.666. The lowest BCUT2D eigenvalue weighted by atomic mass is 10.1. The second-order valence-corrected chi connectivity index (χ2v) is 12.1. The molecule has 0 N–H and O–H groups in total. The van der Waals surface area contributed by atoms with Gasteiger partial charge in [0.15, 0.2) is 5.58 Å². The van der Waals surface area contributed by atoms with Crippen LogP contribution >= 0.6 is 0 Å². The van der Waals surface area contributed by atoms with Gasteiger partial charge in [0.25, 0.3) is 0 Å². The second kappa shape index (κ2) is 8.68. The number of hydrogen-bond acceptors (Lipinski definition) is 2. The summed E-state index contributed by atoms with van der Waals surface area (Å²) in [5.74, 6) is 0. The molecule has 0 spiro atoms. The minimum Gasteiger partial charge on any atom is -0.454 e. The summed E-state index contributed by atoms with van der Waals surface area (Å²) in [7, 11) is 0. The largest absolute Gasteiger partial charge is 0.454 e. The van der Waals surface area contributed by atoms with E-state index >= 15 is 0 Å². The molecule has 1 aliphatic heterocycles. The maximum absolute atomic E-state index is 6.65. The van der Waals surface area contributed by atoms with Crippen LogP contribution in [0.15, 0.2) is 156 Å². The van der Waals surface area contributed by atoms with Gasteiger partial charge in [0, 0.05) is 38.0 Å². The number of benzene rings is 7. The van der Waals surface area contributed by atoms with Gasteiger partial charge in [0.05, 0.1) is 44.8 Å². The Morgan fingerprint density at radius 3 is 1.80 bits per heavy atom. The zero-order valence-electron chi connectivity index (χ0n) is 24.7. The van der Waals surface area contributed by atoms with Crippen molar-refractivity contribution in [2.24, 2.45) is 0 Å². The van der Waals surface area contributed by atoms with Crippen LogP contribution in [0.25, 0.3) is 76.9 Å². The average Bonchev–Trinajstić information content (AvgIpc) is 3.78. The van der Waals surface area contributed by atoms with Crippen LogP contribution in [0, 0.1) is 0 Å². The molecule has 0 fully saturated rings. The fourth-order valence-electron chi connectivity index (χ4n) is 7.99. The van der Waals surface area contributed by atoms with E-state index in [0.29, 0.717) is 0 Å². The number of rotatable bonds is 2. The van der Waals surface area contributed by atoms with Crippen molar-refractivity contribution >= 4 is 82.6 Å². The molecule has 3 aromatic heterocycles. The van der Waals surface area contributed by atoms with Crippen LogP contribution in [0.4, 0.5) is 17.1 Å². The number of aromatic nitrogens is 2. The Bertz CT molecular complexity index is 2870. The molecule has 0 radical (unpaired) electrons. The molecule has 46 heavy (non-hydrogen) atoms. The van der Waals surface area contributed by atoms with E-state index in [0.717, 1.165) is 50.2 Å². The van der Waals surface area contributed by atoms with Gasteiger partial charge < -0.3 is 18.5 Å². The molecule has 214 valence electrons. The van der Waals surface area contributed by atoms with E-state index in [9.17, 15) is 0 Å². The van der Waals surface area contributed by atoms with Crippen LogP contribution < -0.4 is 4.90 Å². The van der Waals surface area contributed by atoms with Gasteiger partial charge in [-0.15, -0.1) is 0 Å². The molecule has 1 aliphatic rings. The number of hydrogen-bond donors (Lipinski definition) is 0. The van der Waals surface area contributed by atoms with Crippen LogP contribution in [0.2, 0.25) is 0 Å². The molecule has 10 aromatic rings. The van der Waals surface area contributed by atoms with Gasteiger partial charge in [-0.05, 0) is 48.5 Å². The van der Waals surface area contributed by atoms with Crippen molar-refractivity contribution in [3.05, 3.63) is 152 Å². The van der Waals surface area contributed by atoms with E-state index in [1.54, 1.807) is 0 Å². The molecule has 0 saturated carbocycles. The molecule has 0 bridgehead atoms. The Kier molecular flexibility index (Phi) is 4.55. The average molecular weight is 588 g/mol. The predicted octanol–water partition coefficient (Wildman–Crippen LogP) is 11.6. The first-order valence-corrected chi connectivity index (χ1v) is 15.7. The smallest absolute Gasteiger partial charge is 0.159 e. The lowest BCUT2D eigenvalue weighted by Crippen LogP contribution is -2.18. The van der Waals surface area contributed by atoms with E-state index in [1.165, 1.54) is 43.8 Å². The molecule has 4 heteroatoms. The maximum atomic E-state index is 6.65. The summed E-state index contributed by atoms with van der Waals surface area (Å²) in [6, 6.07) is 54.4. The molecule has 11 rings (SSSR count). The normalized spacial score (nSPS) is 12.7. The molecule has 4 heterocycles. The van der Waals surface area contributed by atoms with Crippen LogP contribution in [0.5, 0.6) is 0 Å². The van der Waals surface area contributed by atoms with E-state index in [4.69, 9.17) is 4.42 Å². The molecular formula is C42H25N3O. The van der Waals surface area contributed by atoms with Crippen molar-refractivity contribution < 1.29 is 4.42 Å². The fraction of sp³-hybridized carbons (Fsp3) is 0. The third kappa shape index (κ3) is 2.94. The first-order valence-electron chi connectivity index (χ1n) is 15.7. The van der Waals surface area contributed by atoms with Crippen molar-refractivity contribution in [3.63, 3.8) is 0 Å². The van der Waals surface area contributed by atoms with Gasteiger partial charge in [-0.2, -0.15) is 0 Å². The third-order valence-electron chi connectivity index (χ3n) is 9.81. The van der Waals surface area contributed by atoms with E-state index in [-0.39, 0.29) is 0 Å². The topological polar surface area (TPSA) is 26.2 Å². The monoisotopic (exact) mass is 587 g/mol. The Balaban J connectivity index is 1.37. The van der Waals surface area contributed by atoms with Crippen molar-refractivity contribution in [3.8, 4) is 11.4 Å². The van der Waals surface area contributed by atoms with Gasteiger partial charge in [0.1, 0.15) is 5.58 Å². The minimum atomic E-state index is 0.898. The van der Waals surface area contributed by atoms with E-state index in [2.05, 4.69) is 160 Å². The molecule has 0 saturated heterocycles. The van der Waals surface area contributed by atoms with Gasteiger partial charge in [-0.3, -0.25) is 0 Å². The third-order valence-corrected chi connectivity index (χ3v) is 9.81. The zero-order valence-corrected chi connectivity index (χ0v) is 24.7. The van der Waals surface area contributed by atoms with Crippen LogP contribution in [-0.2, 0) is 0 Å². The summed E-state index contributed by atoms with van der Waals surface area (Å²) < 4.78 is 11.6. The maximum Gasteiger partial charge on any atom is 0.159 e. The van der Waals surface area contributed by atoms with Gasteiger partial charge in [-0.25, -0.2) is 0 Å². The van der Waals surface area contributed by atoms with Crippen LogP contribution in [0.3, 0.4) is 0 Å². The van der Waals surface area contributed by atoms with Crippen molar-refractivity contribution in [1.29, 1.82) is 0 Å². The van der Waals surface area contributed by atoms with Crippen molar-refractivity contribution in [2.45, 2.75) is 0 Å². The summed E-state index contributed by atoms with van der Waals surface area (Å²) in [6.07, 6.45) is 0. The van der Waals surface area contributed by atoms with E-state index in [1.807, 2.05) is 6.07 Å². The summed E-state index contributed by atoms with van der Waals surface area (Å²) >= 11 is 0. The van der Waals surface area contributed by atoms with Crippen LogP contribution in [0.1, 0.15) is 0 Å². The quantitative estimate of drug-likeness (QED) is 0.201. The highest BCUT2D eigenvalue weighted by Gasteiger charge is 2.30. The van der Waals surface area contributed by atoms with Gasteiger partial charge in [-0.1, -0.05) is 103 Å². The molecule has 0 atom stereocenters. The Morgan fingerprint density at radius 1 is 0.348 bits per heavy atom. The molecule has 0 amide bonds. The van der Waals surface area contributed by atoms with Crippen molar-refractivity contribution in [2.75, 3.05) is 4.90 Å². The fourth-order valence-corrected chi connectivity index (χ4v) is 7.99. The van der Waals surface area contributed by atoms with Crippen molar-refractivity contribution in [1.82, 2.24) is 9.13 Å². The Morgan fingerprint density at radius 2 is 0.935 bits per heavy atom. The molecule has 0 aliphatic carbocycles. The first kappa shape index (κ1) is 24.1.